The van der Waals surface area contributed by atoms with E-state index in [1.807, 2.05) is 0 Å². The molecule has 13 heavy (non-hydrogen) atoms. The molecule has 3 nitrogen and oxygen atoms in total. The first-order chi connectivity index (χ1) is 6.09. The van der Waals surface area contributed by atoms with Gasteiger partial charge in [0.1, 0.15) is 11.9 Å². The molecule has 1 aromatic rings. The van der Waals surface area contributed by atoms with Gasteiger partial charge in [-0.3, -0.25) is 0 Å². The number of carboxylic acid groups (broad SMARTS) is 1. The van der Waals surface area contributed by atoms with Crippen LogP contribution in [0.5, 0.6) is 5.75 Å². The second kappa shape index (κ2) is 4.28. The Morgan fingerprint density at radius 2 is 2.00 bits per heavy atom. The fourth-order valence-electron chi connectivity index (χ4n) is 0.765. The maximum Gasteiger partial charge on any atom is 0.135 e. The van der Waals surface area contributed by atoms with Gasteiger partial charge in [-0.25, -0.2) is 0 Å². The Morgan fingerprint density at radius 3 is 2.46 bits per heavy atom. The quantitative estimate of drug-likeness (QED) is 0.795. The third kappa shape index (κ3) is 3.06. The summed E-state index contributed by atoms with van der Waals surface area (Å²) >= 11 is 3.26. The molecule has 0 saturated heterocycles. The number of halogens is 1. The molecule has 70 valence electrons. The van der Waals surface area contributed by atoms with E-state index in [2.05, 4.69) is 15.9 Å². The molecule has 1 rings (SSSR count). The molecule has 0 heterocycles. The highest BCUT2D eigenvalue weighted by molar-refractivity contribution is 9.10. The van der Waals surface area contributed by atoms with Crippen LogP contribution in [0.15, 0.2) is 28.7 Å². The molecule has 0 amide bonds. The summed E-state index contributed by atoms with van der Waals surface area (Å²) in [4.78, 5) is 10.3. The Balaban J connectivity index is 2.64. The number of ether oxygens (including phenoxy) is 1. The maximum atomic E-state index is 10.3. The van der Waals surface area contributed by atoms with Gasteiger partial charge in [-0.15, -0.1) is 0 Å². The van der Waals surface area contributed by atoms with Crippen molar-refractivity contribution >= 4 is 21.9 Å². The van der Waals surface area contributed by atoms with E-state index < -0.39 is 12.1 Å². The predicted octanol–water partition coefficient (Wildman–Crippen LogP) is 0.966. The van der Waals surface area contributed by atoms with E-state index >= 15 is 0 Å². The molecule has 0 radical (unpaired) electrons. The van der Waals surface area contributed by atoms with Gasteiger partial charge >= 0.3 is 0 Å². The Labute approximate surface area is 84.5 Å². The van der Waals surface area contributed by atoms with Crippen LogP contribution in [-0.4, -0.2) is 12.1 Å². The van der Waals surface area contributed by atoms with Crippen molar-refractivity contribution in [2.75, 3.05) is 0 Å². The molecule has 1 atom stereocenters. The number of benzene rings is 1. The monoisotopic (exact) mass is 243 g/mol. The summed E-state index contributed by atoms with van der Waals surface area (Å²) in [6.07, 6.45) is -0.929. The average Bonchev–Trinajstić information content (AvgIpc) is 2.08. The van der Waals surface area contributed by atoms with Crippen LogP contribution >= 0.6 is 15.9 Å². The number of aliphatic carboxylic acids is 1. The summed E-state index contributed by atoms with van der Waals surface area (Å²) in [7, 11) is 0. The van der Waals surface area contributed by atoms with Crippen LogP contribution < -0.4 is 9.84 Å². The smallest absolute Gasteiger partial charge is 0.135 e. The van der Waals surface area contributed by atoms with E-state index in [1.54, 1.807) is 24.3 Å². The van der Waals surface area contributed by atoms with Gasteiger partial charge in [-0.05, 0) is 31.2 Å². The van der Waals surface area contributed by atoms with Crippen molar-refractivity contribution in [2.24, 2.45) is 0 Å². The summed E-state index contributed by atoms with van der Waals surface area (Å²) in [6, 6.07) is 6.92. The van der Waals surface area contributed by atoms with Crippen LogP contribution in [-0.2, 0) is 4.79 Å². The average molecular weight is 244 g/mol. The molecule has 0 saturated carbocycles. The number of hydrogen-bond donors (Lipinski definition) is 0. The van der Waals surface area contributed by atoms with Crippen LogP contribution in [0, 0.1) is 0 Å². The first-order valence-electron chi connectivity index (χ1n) is 3.72. The van der Waals surface area contributed by atoms with E-state index in [9.17, 15) is 9.90 Å². The van der Waals surface area contributed by atoms with Crippen LogP contribution in [0.4, 0.5) is 0 Å². The molecule has 4 heteroatoms. The SMILES string of the molecule is C[C@H](Oc1ccc(Br)cc1)C(=O)[O-]. The van der Waals surface area contributed by atoms with Crippen molar-refractivity contribution in [2.45, 2.75) is 13.0 Å². The Kier molecular flexibility index (Phi) is 3.31. The lowest BCUT2D eigenvalue weighted by Gasteiger charge is -2.14. The molecule has 1 aromatic carbocycles. The zero-order valence-electron chi connectivity index (χ0n) is 6.99. The van der Waals surface area contributed by atoms with Crippen molar-refractivity contribution < 1.29 is 14.6 Å². The standard InChI is InChI=1S/C9H9BrO3/c1-6(9(11)12)13-8-4-2-7(10)3-5-8/h2-6H,1H3,(H,11,12)/p-1/t6-/m0/s1. The second-order valence-electron chi connectivity index (χ2n) is 2.53. The summed E-state index contributed by atoms with van der Waals surface area (Å²) in [5.74, 6) is -0.706. The van der Waals surface area contributed by atoms with Gasteiger partial charge in [0.05, 0.1) is 5.97 Å². The Hall–Kier alpha value is -1.03. The number of carbonyl (C=O) groups excluding carboxylic acids is 1. The largest absolute Gasteiger partial charge is 0.546 e. The van der Waals surface area contributed by atoms with Crippen LogP contribution in [0.2, 0.25) is 0 Å². The fraction of sp³-hybridized carbons (Fsp3) is 0.222. The molecule has 0 aliphatic rings. The van der Waals surface area contributed by atoms with E-state index in [0.717, 1.165) is 4.47 Å². The van der Waals surface area contributed by atoms with Gasteiger partial charge in [0.25, 0.3) is 0 Å². The van der Waals surface area contributed by atoms with Crippen molar-refractivity contribution in [1.29, 1.82) is 0 Å². The van der Waals surface area contributed by atoms with Crippen LogP contribution in [0.3, 0.4) is 0 Å². The summed E-state index contributed by atoms with van der Waals surface area (Å²) in [5.41, 5.74) is 0. The van der Waals surface area contributed by atoms with Gasteiger partial charge in [-0.1, -0.05) is 15.9 Å². The van der Waals surface area contributed by atoms with Gasteiger partial charge in [-0.2, -0.15) is 0 Å². The van der Waals surface area contributed by atoms with Crippen LogP contribution in [0.25, 0.3) is 0 Å². The first kappa shape index (κ1) is 10.1. The normalized spacial score (nSPS) is 12.2. The topological polar surface area (TPSA) is 49.4 Å². The highest BCUT2D eigenvalue weighted by Gasteiger charge is 2.03. The number of hydrogen-bond acceptors (Lipinski definition) is 3. The van der Waals surface area contributed by atoms with Crippen molar-refractivity contribution in [3.8, 4) is 5.75 Å². The third-order valence-electron chi connectivity index (χ3n) is 1.46. The summed E-state index contributed by atoms with van der Waals surface area (Å²) in [6.45, 7) is 1.43. The number of rotatable bonds is 3. The first-order valence-corrected chi connectivity index (χ1v) is 4.52. The molecule has 0 bridgehead atoms. The second-order valence-corrected chi connectivity index (χ2v) is 3.45. The highest BCUT2D eigenvalue weighted by atomic mass is 79.9. The summed E-state index contributed by atoms with van der Waals surface area (Å²) in [5, 5.41) is 10.3. The Morgan fingerprint density at radius 1 is 1.46 bits per heavy atom. The minimum absolute atomic E-state index is 0.514. The summed E-state index contributed by atoms with van der Waals surface area (Å²) < 4.78 is 5.97. The zero-order valence-corrected chi connectivity index (χ0v) is 8.58. The molecule has 0 unspecified atom stereocenters. The van der Waals surface area contributed by atoms with Gasteiger partial charge in [0, 0.05) is 4.47 Å². The molecule has 0 fully saturated rings. The maximum absolute atomic E-state index is 10.3. The third-order valence-corrected chi connectivity index (χ3v) is 1.99. The molecular weight excluding hydrogens is 236 g/mol. The lowest BCUT2D eigenvalue weighted by atomic mass is 10.3. The van der Waals surface area contributed by atoms with Crippen molar-refractivity contribution in [1.82, 2.24) is 0 Å². The fourth-order valence-corrected chi connectivity index (χ4v) is 1.03. The lowest BCUT2D eigenvalue weighted by molar-refractivity contribution is -0.312. The molecule has 0 spiro atoms. The number of carbonyl (C=O) groups is 1. The van der Waals surface area contributed by atoms with E-state index in [1.165, 1.54) is 6.92 Å². The highest BCUT2D eigenvalue weighted by Crippen LogP contribution is 2.16. The van der Waals surface area contributed by atoms with Gasteiger partial charge in [0.15, 0.2) is 0 Å². The molecule has 0 aliphatic heterocycles. The zero-order chi connectivity index (χ0) is 9.84. The predicted molar refractivity (Wildman–Crippen MR) is 49.2 cm³/mol. The molecule has 0 N–H and O–H groups in total. The van der Waals surface area contributed by atoms with Gasteiger partial charge in [0.2, 0.25) is 0 Å². The van der Waals surface area contributed by atoms with E-state index in [-0.39, 0.29) is 0 Å². The molecule has 0 aliphatic carbocycles. The van der Waals surface area contributed by atoms with E-state index in [4.69, 9.17) is 4.74 Å². The molecular formula is C9H8BrO3-. The van der Waals surface area contributed by atoms with Gasteiger partial charge < -0.3 is 14.6 Å². The van der Waals surface area contributed by atoms with E-state index in [0.29, 0.717) is 5.75 Å². The van der Waals surface area contributed by atoms with Crippen molar-refractivity contribution in [3.05, 3.63) is 28.7 Å². The lowest BCUT2D eigenvalue weighted by Crippen LogP contribution is -2.37. The number of carboxylic acids is 1. The molecule has 0 aromatic heterocycles. The Bertz CT molecular complexity index is 294. The minimum Gasteiger partial charge on any atom is -0.546 e. The minimum atomic E-state index is -1.22. The van der Waals surface area contributed by atoms with Crippen molar-refractivity contribution in [3.63, 3.8) is 0 Å². The van der Waals surface area contributed by atoms with Crippen LogP contribution in [0.1, 0.15) is 6.92 Å².